The maximum Gasteiger partial charge on any atom is 0.400 e. The molecule has 1 heterocycles. The molecule has 32 heavy (non-hydrogen) atoms. The van der Waals surface area contributed by atoms with Crippen LogP contribution in [0.5, 0.6) is 0 Å². The highest BCUT2D eigenvalue weighted by atomic mass is 32.2. The number of sulfonamides is 1. The summed E-state index contributed by atoms with van der Waals surface area (Å²) in [6.45, 7) is 0.260. The fraction of sp³-hybridized carbons (Fsp3) is 0.526. The molecule has 2 aromatic rings. The number of carbonyl (C=O) groups excluding carboxylic acids is 1. The largest absolute Gasteiger partial charge is 0.400 e. The van der Waals surface area contributed by atoms with Crippen LogP contribution in [0.15, 0.2) is 23.1 Å². The summed E-state index contributed by atoms with van der Waals surface area (Å²) >= 11 is 0.586. The summed E-state index contributed by atoms with van der Waals surface area (Å²) in [6.07, 6.45) is -2.06. The van der Waals surface area contributed by atoms with Gasteiger partial charge in [-0.05, 0) is 49.8 Å². The first-order chi connectivity index (χ1) is 15.0. The molecular formula is C19H20F4N4O3S2. The SMILES string of the molecule is O=C(Nc1nnc(C2(C(F)(F)F)CCCC2)s1)c1cc(S(=O)(=O)NCC2CC2)ccc1F. The molecule has 2 aliphatic rings. The molecule has 13 heteroatoms. The second-order valence-corrected chi connectivity index (χ2v) is 10.8. The summed E-state index contributed by atoms with van der Waals surface area (Å²) in [4.78, 5) is 12.3. The van der Waals surface area contributed by atoms with Crippen LogP contribution in [0.2, 0.25) is 0 Å². The molecule has 0 saturated heterocycles. The third-order valence-corrected chi connectivity index (χ3v) is 8.27. The van der Waals surface area contributed by atoms with Gasteiger partial charge in [-0.1, -0.05) is 24.2 Å². The van der Waals surface area contributed by atoms with Crippen LogP contribution in [0.25, 0.3) is 0 Å². The Morgan fingerprint density at radius 3 is 2.50 bits per heavy atom. The highest BCUT2D eigenvalue weighted by Gasteiger charge is 2.59. The molecule has 2 saturated carbocycles. The average Bonchev–Trinajstić information content (AvgIpc) is 3.20. The van der Waals surface area contributed by atoms with E-state index in [0.717, 1.165) is 31.0 Å². The lowest BCUT2D eigenvalue weighted by molar-refractivity contribution is -0.189. The first kappa shape index (κ1) is 23.1. The van der Waals surface area contributed by atoms with E-state index in [1.54, 1.807) is 0 Å². The van der Waals surface area contributed by atoms with Crippen molar-refractivity contribution in [3.05, 3.63) is 34.6 Å². The molecule has 0 bridgehead atoms. The Bertz CT molecular complexity index is 1120. The summed E-state index contributed by atoms with van der Waals surface area (Å²) in [5.41, 5.74) is -2.66. The Hall–Kier alpha value is -2.12. The van der Waals surface area contributed by atoms with Gasteiger partial charge in [0.15, 0.2) is 0 Å². The van der Waals surface area contributed by atoms with Gasteiger partial charge in [0.1, 0.15) is 16.2 Å². The Labute approximate surface area is 185 Å². The van der Waals surface area contributed by atoms with E-state index in [0.29, 0.717) is 24.2 Å². The van der Waals surface area contributed by atoms with Crippen molar-refractivity contribution in [1.82, 2.24) is 14.9 Å². The molecule has 0 atom stereocenters. The quantitative estimate of drug-likeness (QED) is 0.569. The van der Waals surface area contributed by atoms with Crippen LogP contribution in [0.1, 0.15) is 53.9 Å². The summed E-state index contributed by atoms with van der Waals surface area (Å²) in [6, 6.07) is 2.77. The molecule has 0 spiro atoms. The van der Waals surface area contributed by atoms with Crippen molar-refractivity contribution in [1.29, 1.82) is 0 Å². The topological polar surface area (TPSA) is 101 Å². The van der Waals surface area contributed by atoms with Crippen LogP contribution >= 0.6 is 11.3 Å². The summed E-state index contributed by atoms with van der Waals surface area (Å²) in [7, 11) is -3.94. The first-order valence-corrected chi connectivity index (χ1v) is 12.3. The molecule has 7 nitrogen and oxygen atoms in total. The molecule has 2 N–H and O–H groups in total. The van der Waals surface area contributed by atoms with Gasteiger partial charge < -0.3 is 0 Å². The Kier molecular flexibility index (Phi) is 6.01. The van der Waals surface area contributed by atoms with Crippen molar-refractivity contribution in [2.75, 3.05) is 11.9 Å². The minimum absolute atomic E-state index is 0.110. The number of amides is 1. The monoisotopic (exact) mass is 492 g/mol. The van der Waals surface area contributed by atoms with E-state index in [1.807, 2.05) is 0 Å². The van der Waals surface area contributed by atoms with Crippen molar-refractivity contribution in [3.8, 4) is 0 Å². The molecule has 1 aromatic heterocycles. The number of nitrogens with zero attached hydrogens (tertiary/aromatic N) is 2. The second kappa shape index (κ2) is 8.34. The molecular weight excluding hydrogens is 472 g/mol. The number of benzene rings is 1. The Morgan fingerprint density at radius 1 is 1.19 bits per heavy atom. The number of carbonyl (C=O) groups is 1. The minimum atomic E-state index is -4.51. The van der Waals surface area contributed by atoms with Crippen LogP contribution in [-0.2, 0) is 15.4 Å². The lowest BCUT2D eigenvalue weighted by Crippen LogP contribution is -2.39. The van der Waals surface area contributed by atoms with Gasteiger partial charge in [-0.25, -0.2) is 17.5 Å². The molecule has 0 unspecified atom stereocenters. The zero-order chi connectivity index (χ0) is 23.1. The molecule has 2 aliphatic carbocycles. The van der Waals surface area contributed by atoms with E-state index in [1.165, 1.54) is 0 Å². The van der Waals surface area contributed by atoms with Crippen LogP contribution in [0.3, 0.4) is 0 Å². The average molecular weight is 493 g/mol. The van der Waals surface area contributed by atoms with E-state index in [2.05, 4.69) is 20.2 Å². The predicted octanol–water partition coefficient (Wildman–Crippen LogP) is 3.99. The summed E-state index contributed by atoms with van der Waals surface area (Å²) in [5.74, 6) is -1.73. The molecule has 0 aliphatic heterocycles. The van der Waals surface area contributed by atoms with Crippen molar-refractivity contribution in [2.24, 2.45) is 5.92 Å². The summed E-state index contributed by atoms with van der Waals surface area (Å²) in [5, 5.41) is 9.03. The highest BCUT2D eigenvalue weighted by Crippen LogP contribution is 2.53. The number of alkyl halides is 3. The van der Waals surface area contributed by atoms with E-state index in [9.17, 15) is 30.8 Å². The standard InChI is InChI=1S/C19H20F4N4O3S2/c20-14-6-5-12(32(29,30)24-10-11-3-4-11)9-13(14)15(28)25-17-27-26-16(31-17)18(19(21,22)23)7-1-2-8-18/h5-6,9,11,24H,1-4,7-8,10H2,(H,25,27,28). The molecule has 1 aromatic carbocycles. The van der Waals surface area contributed by atoms with E-state index < -0.39 is 38.9 Å². The van der Waals surface area contributed by atoms with Gasteiger partial charge in [-0.15, -0.1) is 10.2 Å². The van der Waals surface area contributed by atoms with Gasteiger partial charge in [-0.2, -0.15) is 13.2 Å². The van der Waals surface area contributed by atoms with Crippen molar-refractivity contribution in [3.63, 3.8) is 0 Å². The molecule has 174 valence electrons. The molecule has 0 radical (unpaired) electrons. The smallest absolute Gasteiger partial charge is 0.296 e. The lowest BCUT2D eigenvalue weighted by Gasteiger charge is -2.28. The first-order valence-electron chi connectivity index (χ1n) is 10.0. The van der Waals surface area contributed by atoms with Crippen molar-refractivity contribution >= 4 is 32.4 Å². The lowest BCUT2D eigenvalue weighted by atomic mass is 9.86. The van der Waals surface area contributed by atoms with Crippen LogP contribution in [0.4, 0.5) is 22.7 Å². The van der Waals surface area contributed by atoms with Gasteiger partial charge in [0, 0.05) is 6.54 Å². The van der Waals surface area contributed by atoms with E-state index in [-0.39, 0.29) is 40.3 Å². The highest BCUT2D eigenvalue weighted by molar-refractivity contribution is 7.89. The van der Waals surface area contributed by atoms with Crippen LogP contribution < -0.4 is 10.0 Å². The van der Waals surface area contributed by atoms with Gasteiger partial charge in [0.2, 0.25) is 15.2 Å². The van der Waals surface area contributed by atoms with Gasteiger partial charge >= 0.3 is 6.18 Å². The second-order valence-electron chi connectivity index (χ2n) is 8.09. The Morgan fingerprint density at radius 2 is 1.88 bits per heavy atom. The van der Waals surface area contributed by atoms with Crippen molar-refractivity contribution in [2.45, 2.75) is 55.0 Å². The molecule has 1 amide bonds. The van der Waals surface area contributed by atoms with Gasteiger partial charge in [0.05, 0.1) is 10.5 Å². The zero-order valence-corrected chi connectivity index (χ0v) is 18.3. The number of aromatic nitrogens is 2. The van der Waals surface area contributed by atoms with Crippen LogP contribution in [-0.4, -0.2) is 37.2 Å². The molecule has 4 rings (SSSR count). The normalized spacial score (nSPS) is 18.6. The number of rotatable bonds is 7. The van der Waals surface area contributed by atoms with E-state index >= 15 is 0 Å². The maximum atomic E-state index is 14.2. The van der Waals surface area contributed by atoms with Gasteiger partial charge in [0.25, 0.3) is 5.91 Å². The number of halogens is 4. The minimum Gasteiger partial charge on any atom is -0.296 e. The zero-order valence-electron chi connectivity index (χ0n) is 16.7. The van der Waals surface area contributed by atoms with Gasteiger partial charge in [-0.3, -0.25) is 10.1 Å². The number of hydrogen-bond acceptors (Lipinski definition) is 6. The third-order valence-electron chi connectivity index (χ3n) is 5.81. The fourth-order valence-electron chi connectivity index (χ4n) is 3.71. The maximum absolute atomic E-state index is 14.2. The third kappa shape index (κ3) is 4.50. The van der Waals surface area contributed by atoms with Crippen LogP contribution in [0, 0.1) is 11.7 Å². The predicted molar refractivity (Wildman–Crippen MR) is 108 cm³/mol. The number of hydrogen-bond donors (Lipinski definition) is 2. The molecule has 2 fully saturated rings. The van der Waals surface area contributed by atoms with Crippen molar-refractivity contribution < 1.29 is 30.8 Å². The summed E-state index contributed by atoms with van der Waals surface area (Å²) < 4.78 is 82.6. The van der Waals surface area contributed by atoms with E-state index in [4.69, 9.17) is 0 Å². The number of anilines is 1. The Balaban J connectivity index is 1.53. The fourth-order valence-corrected chi connectivity index (χ4v) is 5.85. The number of nitrogens with one attached hydrogen (secondary N) is 2.